The van der Waals surface area contributed by atoms with Crippen molar-refractivity contribution >= 4 is 11.8 Å². The number of hydrogen-bond donors (Lipinski definition) is 2. The molecule has 3 rings (SSSR count). The first-order chi connectivity index (χ1) is 13.9. The lowest BCUT2D eigenvalue weighted by molar-refractivity contribution is 0.0690. The molecule has 1 unspecified atom stereocenters. The topological polar surface area (TPSA) is 89.6 Å². The van der Waals surface area contributed by atoms with E-state index in [1.807, 2.05) is 6.07 Å². The van der Waals surface area contributed by atoms with E-state index in [-0.39, 0.29) is 28.6 Å². The van der Waals surface area contributed by atoms with Gasteiger partial charge in [-0.15, -0.1) is 0 Å². The fourth-order valence-corrected chi connectivity index (χ4v) is 4.28. The Bertz CT molecular complexity index is 991. The molecular formula is C25H31NO4. The molecule has 1 atom stereocenters. The summed E-state index contributed by atoms with van der Waals surface area (Å²) in [5.74, 6) is -0.898. The van der Waals surface area contributed by atoms with Crippen LogP contribution in [0.15, 0.2) is 36.4 Å². The Kier molecular flexibility index (Phi) is 5.79. The summed E-state index contributed by atoms with van der Waals surface area (Å²) < 4.78 is 5.88. The SMILES string of the molecule is Cc1cccc(C(=O)O)c1C(=O)C(N)COc1ccc2c(c1)C(C)(C)CCC2(C)C. The minimum absolute atomic E-state index is 0.0190. The normalized spacial score (nSPS) is 17.7. The van der Waals surface area contributed by atoms with Gasteiger partial charge in [-0.2, -0.15) is 0 Å². The van der Waals surface area contributed by atoms with Crippen LogP contribution >= 0.6 is 0 Å². The summed E-state index contributed by atoms with van der Waals surface area (Å²) in [6.45, 7) is 10.7. The van der Waals surface area contributed by atoms with E-state index in [9.17, 15) is 14.7 Å². The number of ether oxygens (including phenoxy) is 1. The molecule has 0 amide bonds. The first-order valence-corrected chi connectivity index (χ1v) is 10.3. The van der Waals surface area contributed by atoms with Gasteiger partial charge >= 0.3 is 5.97 Å². The molecule has 0 aromatic heterocycles. The first-order valence-electron chi connectivity index (χ1n) is 10.3. The first kappa shape index (κ1) is 22.0. The van der Waals surface area contributed by atoms with Crippen LogP contribution in [0, 0.1) is 6.92 Å². The molecule has 0 radical (unpaired) electrons. The molecule has 5 heteroatoms. The Labute approximate surface area is 178 Å². The molecule has 0 saturated carbocycles. The zero-order valence-corrected chi connectivity index (χ0v) is 18.4. The van der Waals surface area contributed by atoms with Crippen molar-refractivity contribution in [3.05, 3.63) is 64.2 Å². The van der Waals surface area contributed by atoms with Gasteiger partial charge in [-0.05, 0) is 65.5 Å². The number of nitrogens with two attached hydrogens (primary N) is 1. The molecule has 3 N–H and O–H groups in total. The molecule has 5 nitrogen and oxygen atoms in total. The minimum Gasteiger partial charge on any atom is -0.491 e. The second-order valence-corrected chi connectivity index (χ2v) is 9.56. The molecule has 0 spiro atoms. The Morgan fingerprint density at radius 2 is 1.70 bits per heavy atom. The molecule has 0 aliphatic heterocycles. The highest BCUT2D eigenvalue weighted by Gasteiger charge is 2.37. The van der Waals surface area contributed by atoms with Crippen LogP contribution in [0.2, 0.25) is 0 Å². The van der Waals surface area contributed by atoms with Crippen molar-refractivity contribution in [2.24, 2.45) is 5.73 Å². The number of carboxylic acid groups (broad SMARTS) is 1. The summed E-state index contributed by atoms with van der Waals surface area (Å²) in [5, 5.41) is 9.41. The Balaban J connectivity index is 1.80. The highest BCUT2D eigenvalue weighted by atomic mass is 16.5. The van der Waals surface area contributed by atoms with Gasteiger partial charge < -0.3 is 15.6 Å². The standard InChI is InChI=1S/C25H31NO4/c1-15-7-6-8-17(23(28)29)21(15)22(27)20(26)14-30-16-9-10-18-19(13-16)25(4,5)12-11-24(18,2)3/h6-10,13,20H,11-12,14,26H2,1-5H3,(H,28,29). The molecule has 2 aromatic rings. The van der Waals surface area contributed by atoms with Gasteiger partial charge in [0.15, 0.2) is 5.78 Å². The number of benzene rings is 2. The summed E-state index contributed by atoms with van der Waals surface area (Å²) in [4.78, 5) is 24.4. The van der Waals surface area contributed by atoms with Crippen molar-refractivity contribution < 1.29 is 19.4 Å². The van der Waals surface area contributed by atoms with Gasteiger partial charge in [-0.1, -0.05) is 45.9 Å². The van der Waals surface area contributed by atoms with Gasteiger partial charge in [-0.3, -0.25) is 4.79 Å². The number of carboxylic acids is 1. The lowest BCUT2D eigenvalue weighted by Gasteiger charge is -2.41. The fraction of sp³-hybridized carbons (Fsp3) is 0.440. The molecule has 1 aliphatic carbocycles. The quantitative estimate of drug-likeness (QED) is 0.679. The third-order valence-corrected chi connectivity index (χ3v) is 6.34. The van der Waals surface area contributed by atoms with E-state index in [4.69, 9.17) is 10.5 Å². The molecule has 2 aromatic carbocycles. The highest BCUT2D eigenvalue weighted by Crippen LogP contribution is 2.46. The maximum Gasteiger partial charge on any atom is 0.336 e. The molecule has 0 fully saturated rings. The zero-order valence-electron chi connectivity index (χ0n) is 18.4. The van der Waals surface area contributed by atoms with E-state index >= 15 is 0 Å². The number of hydrogen-bond acceptors (Lipinski definition) is 4. The minimum atomic E-state index is -1.14. The molecule has 1 aliphatic rings. The number of ketones is 1. The second-order valence-electron chi connectivity index (χ2n) is 9.56. The molecular weight excluding hydrogens is 378 g/mol. The van der Waals surface area contributed by atoms with Crippen molar-refractivity contribution in [1.82, 2.24) is 0 Å². The lowest BCUT2D eigenvalue weighted by Crippen LogP contribution is -2.38. The monoisotopic (exact) mass is 409 g/mol. The third kappa shape index (κ3) is 4.12. The predicted molar refractivity (Wildman–Crippen MR) is 118 cm³/mol. The van der Waals surface area contributed by atoms with Crippen molar-refractivity contribution in [3.63, 3.8) is 0 Å². The molecule has 0 saturated heterocycles. The van der Waals surface area contributed by atoms with E-state index in [0.29, 0.717) is 11.3 Å². The van der Waals surface area contributed by atoms with E-state index in [1.54, 1.807) is 19.1 Å². The van der Waals surface area contributed by atoms with Crippen LogP contribution < -0.4 is 10.5 Å². The van der Waals surface area contributed by atoms with Gasteiger partial charge in [-0.25, -0.2) is 4.79 Å². The van der Waals surface area contributed by atoms with Crippen LogP contribution in [0.25, 0.3) is 0 Å². The van der Waals surface area contributed by atoms with Crippen LogP contribution in [0.1, 0.15) is 77.9 Å². The zero-order chi connectivity index (χ0) is 22.3. The van der Waals surface area contributed by atoms with E-state index in [0.717, 1.165) is 12.8 Å². The van der Waals surface area contributed by atoms with Crippen molar-refractivity contribution in [2.75, 3.05) is 6.61 Å². The number of aromatic carboxylic acids is 1. The number of carbonyl (C=O) groups excluding carboxylic acids is 1. The molecule has 0 heterocycles. The summed E-state index contributed by atoms with van der Waals surface area (Å²) in [5.41, 5.74) is 9.58. The average Bonchev–Trinajstić information content (AvgIpc) is 2.69. The molecule has 30 heavy (non-hydrogen) atoms. The van der Waals surface area contributed by atoms with E-state index in [2.05, 4.69) is 39.8 Å². The number of rotatable bonds is 6. The van der Waals surface area contributed by atoms with Crippen LogP contribution in [0.4, 0.5) is 0 Å². The maximum atomic E-state index is 12.9. The number of Topliss-reactive ketones (excluding diaryl/α,β-unsaturated/α-hetero) is 1. The number of carbonyl (C=O) groups is 2. The smallest absolute Gasteiger partial charge is 0.336 e. The van der Waals surface area contributed by atoms with Crippen LogP contribution in [-0.4, -0.2) is 29.5 Å². The van der Waals surface area contributed by atoms with Gasteiger partial charge in [0.05, 0.1) is 5.56 Å². The molecule has 0 bridgehead atoms. The average molecular weight is 410 g/mol. The van der Waals surface area contributed by atoms with Gasteiger partial charge in [0.1, 0.15) is 18.4 Å². The van der Waals surface area contributed by atoms with Gasteiger partial charge in [0.25, 0.3) is 0 Å². The third-order valence-electron chi connectivity index (χ3n) is 6.34. The summed E-state index contributed by atoms with van der Waals surface area (Å²) in [6, 6.07) is 9.89. The fourth-order valence-electron chi connectivity index (χ4n) is 4.28. The van der Waals surface area contributed by atoms with Gasteiger partial charge in [0.2, 0.25) is 0 Å². The molecule has 160 valence electrons. The van der Waals surface area contributed by atoms with E-state index in [1.165, 1.54) is 17.2 Å². The highest BCUT2D eigenvalue weighted by molar-refractivity contribution is 6.09. The second kappa shape index (κ2) is 7.88. The largest absolute Gasteiger partial charge is 0.491 e. The Morgan fingerprint density at radius 1 is 1.07 bits per heavy atom. The number of aryl methyl sites for hydroxylation is 1. The van der Waals surface area contributed by atoms with Gasteiger partial charge in [0, 0.05) is 5.56 Å². The lowest BCUT2D eigenvalue weighted by atomic mass is 9.63. The summed E-state index contributed by atoms with van der Waals surface area (Å²) in [7, 11) is 0. The van der Waals surface area contributed by atoms with Crippen LogP contribution in [0.3, 0.4) is 0 Å². The summed E-state index contributed by atoms with van der Waals surface area (Å²) in [6.07, 6.45) is 2.23. The Morgan fingerprint density at radius 3 is 2.33 bits per heavy atom. The Hall–Kier alpha value is -2.66. The van der Waals surface area contributed by atoms with Crippen molar-refractivity contribution in [3.8, 4) is 5.75 Å². The maximum absolute atomic E-state index is 12.9. The van der Waals surface area contributed by atoms with Crippen molar-refractivity contribution in [2.45, 2.75) is 64.3 Å². The number of fused-ring (bicyclic) bond motifs is 1. The summed E-state index contributed by atoms with van der Waals surface area (Å²) >= 11 is 0. The van der Waals surface area contributed by atoms with Crippen molar-refractivity contribution in [1.29, 1.82) is 0 Å². The van der Waals surface area contributed by atoms with Crippen LogP contribution in [0.5, 0.6) is 5.75 Å². The van der Waals surface area contributed by atoms with E-state index < -0.39 is 17.8 Å². The predicted octanol–water partition coefficient (Wildman–Crippen LogP) is 4.63. The van der Waals surface area contributed by atoms with Crippen LogP contribution in [-0.2, 0) is 10.8 Å².